The van der Waals surface area contributed by atoms with Gasteiger partial charge in [0.05, 0.1) is 7.11 Å². The van der Waals surface area contributed by atoms with Crippen LogP contribution >= 0.6 is 0 Å². The van der Waals surface area contributed by atoms with Gasteiger partial charge in [-0.3, -0.25) is 14.4 Å². The van der Waals surface area contributed by atoms with E-state index in [1.165, 1.54) is 24.1 Å². The number of carbonyl (C=O) groups is 4. The smallest absolute Gasteiger partial charge is 0.408 e. The summed E-state index contributed by atoms with van der Waals surface area (Å²) in [6.07, 6.45) is 5.12. The van der Waals surface area contributed by atoms with Crippen molar-refractivity contribution in [3.63, 3.8) is 0 Å². The van der Waals surface area contributed by atoms with Gasteiger partial charge in [-0.1, -0.05) is 69.4 Å². The maximum absolute atomic E-state index is 14.6. The Bertz CT molecular complexity index is 1270. The Kier molecular flexibility index (Phi) is 14.9. The number of phenolic OH excluding ortho intramolecular Hbond substituents is 1. The molecule has 0 saturated carbocycles. The maximum atomic E-state index is 14.6. The van der Waals surface area contributed by atoms with Gasteiger partial charge in [0.2, 0.25) is 11.8 Å². The van der Waals surface area contributed by atoms with Crippen LogP contribution in [0.5, 0.6) is 5.75 Å². The number of nitrogens with zero attached hydrogens (tertiary/aromatic N) is 1. The minimum absolute atomic E-state index is 0.0729. The molecule has 10 heteroatoms. The number of hydrogen-bond acceptors (Lipinski definition) is 7. The Morgan fingerprint density at radius 1 is 0.933 bits per heavy atom. The van der Waals surface area contributed by atoms with Crippen molar-refractivity contribution >= 4 is 23.9 Å². The Hall–Kier alpha value is -4.08. The van der Waals surface area contributed by atoms with Crippen LogP contribution in [-0.4, -0.2) is 65.7 Å². The minimum Gasteiger partial charge on any atom is -0.508 e. The van der Waals surface area contributed by atoms with Crippen molar-refractivity contribution in [2.45, 2.75) is 104 Å². The van der Waals surface area contributed by atoms with E-state index in [4.69, 9.17) is 9.47 Å². The molecule has 2 aromatic rings. The molecular weight excluding hydrogens is 574 g/mol. The molecule has 248 valence electrons. The lowest BCUT2D eigenvalue weighted by Gasteiger charge is -2.35. The lowest BCUT2D eigenvalue weighted by atomic mass is 9.94. The summed E-state index contributed by atoms with van der Waals surface area (Å²) in [5, 5.41) is 15.2. The molecule has 45 heavy (non-hydrogen) atoms. The predicted molar refractivity (Wildman–Crippen MR) is 174 cm³/mol. The number of hydrogen-bond donors (Lipinski definition) is 3. The third kappa shape index (κ3) is 12.4. The zero-order valence-corrected chi connectivity index (χ0v) is 27.9. The fourth-order valence-electron chi connectivity index (χ4n) is 5.00. The van der Waals surface area contributed by atoms with Gasteiger partial charge in [0.15, 0.2) is 0 Å². The standard InChI is InChI=1S/C35H51N3O7/c1-8-9-10-11-12-13-21-38(31(32(41)36-23-30(40)44-7)28-16-14-15-24(2)25(28)3)33(42)29(37-34(43)45-35(4,5)6)22-26-17-19-27(39)20-18-26/h14-20,29,31,39H,8-13,21-23H2,1-7H3,(H,36,41)(H,37,43). The van der Waals surface area contributed by atoms with Crippen LogP contribution in [-0.2, 0) is 30.3 Å². The molecule has 0 aromatic heterocycles. The minimum atomic E-state index is -1.09. The van der Waals surface area contributed by atoms with E-state index in [0.29, 0.717) is 17.5 Å². The third-order valence-electron chi connectivity index (χ3n) is 7.54. The van der Waals surface area contributed by atoms with Gasteiger partial charge < -0.3 is 30.1 Å². The highest BCUT2D eigenvalue weighted by molar-refractivity contribution is 5.93. The average molecular weight is 626 g/mol. The summed E-state index contributed by atoms with van der Waals surface area (Å²) in [5.74, 6) is -1.55. The summed E-state index contributed by atoms with van der Waals surface area (Å²) in [7, 11) is 1.24. The van der Waals surface area contributed by atoms with Gasteiger partial charge in [-0.2, -0.15) is 0 Å². The van der Waals surface area contributed by atoms with Crippen molar-refractivity contribution in [2.24, 2.45) is 0 Å². The van der Waals surface area contributed by atoms with E-state index in [0.717, 1.165) is 43.2 Å². The fourth-order valence-corrected chi connectivity index (χ4v) is 5.00. The number of rotatable bonds is 16. The van der Waals surface area contributed by atoms with Crippen LogP contribution in [0.15, 0.2) is 42.5 Å². The van der Waals surface area contributed by atoms with E-state index < -0.39 is 41.6 Å². The summed E-state index contributed by atoms with van der Waals surface area (Å²) in [5.41, 5.74) is 2.30. The Labute approximate surface area is 267 Å². The zero-order chi connectivity index (χ0) is 33.6. The van der Waals surface area contributed by atoms with Crippen LogP contribution in [0.4, 0.5) is 4.79 Å². The molecule has 0 spiro atoms. The van der Waals surface area contributed by atoms with E-state index in [-0.39, 0.29) is 25.3 Å². The van der Waals surface area contributed by atoms with Crippen LogP contribution < -0.4 is 10.6 Å². The Balaban J connectivity index is 2.60. The van der Waals surface area contributed by atoms with Gasteiger partial charge in [0.25, 0.3) is 0 Å². The van der Waals surface area contributed by atoms with E-state index in [2.05, 4.69) is 17.6 Å². The number of alkyl carbamates (subject to hydrolysis) is 1. The highest BCUT2D eigenvalue weighted by Crippen LogP contribution is 2.28. The number of aryl methyl sites for hydroxylation is 1. The van der Waals surface area contributed by atoms with Crippen molar-refractivity contribution in [2.75, 3.05) is 20.2 Å². The SMILES string of the molecule is CCCCCCCCN(C(=O)C(Cc1ccc(O)cc1)NC(=O)OC(C)(C)C)C(C(=O)NCC(=O)OC)c1cccc(C)c1C. The molecule has 3 amide bonds. The average Bonchev–Trinajstić information content (AvgIpc) is 2.98. The molecule has 10 nitrogen and oxygen atoms in total. The first-order valence-corrected chi connectivity index (χ1v) is 15.8. The van der Waals surface area contributed by atoms with Crippen LogP contribution in [0.25, 0.3) is 0 Å². The normalized spacial score (nSPS) is 12.5. The highest BCUT2D eigenvalue weighted by Gasteiger charge is 2.37. The number of methoxy groups -OCH3 is 1. The monoisotopic (exact) mass is 625 g/mol. The van der Waals surface area contributed by atoms with Crippen molar-refractivity contribution in [1.82, 2.24) is 15.5 Å². The topological polar surface area (TPSA) is 134 Å². The van der Waals surface area contributed by atoms with Crippen molar-refractivity contribution in [1.29, 1.82) is 0 Å². The molecule has 2 aromatic carbocycles. The van der Waals surface area contributed by atoms with Gasteiger partial charge in [0.1, 0.15) is 30.0 Å². The first kappa shape index (κ1) is 37.1. The van der Waals surface area contributed by atoms with Crippen molar-refractivity contribution < 1.29 is 33.8 Å². The largest absolute Gasteiger partial charge is 0.508 e. The molecule has 0 fully saturated rings. The molecular formula is C35H51N3O7. The number of amides is 3. The number of esters is 1. The molecule has 0 heterocycles. The number of phenols is 1. The van der Waals surface area contributed by atoms with Gasteiger partial charge in [0, 0.05) is 13.0 Å². The summed E-state index contributed by atoms with van der Waals surface area (Å²) in [6, 6.07) is 9.77. The molecule has 0 aliphatic heterocycles. The van der Waals surface area contributed by atoms with Gasteiger partial charge in [-0.15, -0.1) is 0 Å². The van der Waals surface area contributed by atoms with E-state index >= 15 is 0 Å². The van der Waals surface area contributed by atoms with Crippen molar-refractivity contribution in [3.05, 3.63) is 64.7 Å². The number of unbranched alkanes of at least 4 members (excludes halogenated alkanes) is 5. The summed E-state index contributed by atoms with van der Waals surface area (Å²) >= 11 is 0. The first-order chi connectivity index (χ1) is 21.3. The molecule has 0 bridgehead atoms. The number of benzene rings is 2. The molecule has 0 saturated heterocycles. The van der Waals surface area contributed by atoms with Crippen molar-refractivity contribution in [3.8, 4) is 5.75 Å². The summed E-state index contributed by atoms with van der Waals surface area (Å²) < 4.78 is 10.2. The molecule has 3 N–H and O–H groups in total. The lowest BCUT2D eigenvalue weighted by molar-refractivity contribution is -0.144. The van der Waals surface area contributed by atoms with Crippen LogP contribution in [0.1, 0.15) is 94.5 Å². The number of aromatic hydroxyl groups is 1. The molecule has 2 rings (SSSR count). The fraction of sp³-hybridized carbons (Fsp3) is 0.543. The number of ether oxygens (including phenoxy) is 2. The molecule has 2 unspecified atom stereocenters. The summed E-state index contributed by atoms with van der Waals surface area (Å²) in [4.78, 5) is 55.0. The molecule has 0 aliphatic carbocycles. The van der Waals surface area contributed by atoms with Crippen LogP contribution in [0.3, 0.4) is 0 Å². The number of carbonyl (C=O) groups excluding carboxylic acids is 4. The second kappa shape index (κ2) is 18.0. The summed E-state index contributed by atoms with van der Waals surface area (Å²) in [6.45, 7) is 11.1. The Morgan fingerprint density at radius 3 is 2.20 bits per heavy atom. The van der Waals surface area contributed by atoms with Gasteiger partial charge >= 0.3 is 12.1 Å². The second-order valence-electron chi connectivity index (χ2n) is 12.4. The van der Waals surface area contributed by atoms with Gasteiger partial charge in [-0.05, 0) is 75.4 Å². The van der Waals surface area contributed by atoms with E-state index in [9.17, 15) is 24.3 Å². The van der Waals surface area contributed by atoms with E-state index in [1.807, 2.05) is 32.0 Å². The van der Waals surface area contributed by atoms with Crippen LogP contribution in [0.2, 0.25) is 0 Å². The number of nitrogens with one attached hydrogen (secondary N) is 2. The first-order valence-electron chi connectivity index (χ1n) is 15.8. The van der Waals surface area contributed by atoms with Crippen LogP contribution in [0, 0.1) is 13.8 Å². The van der Waals surface area contributed by atoms with Gasteiger partial charge in [-0.25, -0.2) is 4.79 Å². The lowest BCUT2D eigenvalue weighted by Crippen LogP contribution is -2.54. The Morgan fingerprint density at radius 2 is 1.58 bits per heavy atom. The second-order valence-corrected chi connectivity index (χ2v) is 12.4. The highest BCUT2D eigenvalue weighted by atomic mass is 16.6. The molecule has 0 radical (unpaired) electrons. The maximum Gasteiger partial charge on any atom is 0.408 e. The molecule has 0 aliphatic rings. The zero-order valence-electron chi connectivity index (χ0n) is 27.9. The third-order valence-corrected chi connectivity index (χ3v) is 7.54. The predicted octanol–water partition coefficient (Wildman–Crippen LogP) is 5.66. The van der Waals surface area contributed by atoms with E-state index in [1.54, 1.807) is 32.9 Å². The quantitative estimate of drug-likeness (QED) is 0.162. The molecule has 2 atom stereocenters.